The first-order valence-corrected chi connectivity index (χ1v) is 9.99. The third-order valence-corrected chi connectivity index (χ3v) is 4.76. The van der Waals surface area contributed by atoms with Crippen molar-refractivity contribution in [1.82, 2.24) is 10.2 Å². The monoisotopic (exact) mass is 401 g/mol. The molecule has 29 heavy (non-hydrogen) atoms. The minimum atomic E-state index is -0.226. The predicted molar refractivity (Wildman–Crippen MR) is 111 cm³/mol. The zero-order chi connectivity index (χ0) is 20.5. The number of carbonyl (C=O) groups excluding carboxylic acids is 1. The van der Waals surface area contributed by atoms with Crippen molar-refractivity contribution >= 4 is 11.6 Å². The molecule has 1 aliphatic rings. The van der Waals surface area contributed by atoms with Gasteiger partial charge in [-0.2, -0.15) is 0 Å². The van der Waals surface area contributed by atoms with Gasteiger partial charge in [0.2, 0.25) is 5.91 Å². The molecule has 6 nitrogen and oxygen atoms in total. The first-order chi connectivity index (χ1) is 14.1. The van der Waals surface area contributed by atoms with E-state index in [2.05, 4.69) is 15.1 Å². The van der Waals surface area contributed by atoms with Gasteiger partial charge < -0.3 is 19.7 Å². The number of carbonyl (C=O) groups is 1. The van der Waals surface area contributed by atoms with Crippen molar-refractivity contribution in [2.75, 3.05) is 57.4 Å². The highest BCUT2D eigenvalue weighted by molar-refractivity contribution is 5.78. The third kappa shape index (κ3) is 6.64. The zero-order valence-corrected chi connectivity index (χ0v) is 16.8. The van der Waals surface area contributed by atoms with E-state index < -0.39 is 0 Å². The molecule has 1 aliphatic heterocycles. The summed E-state index contributed by atoms with van der Waals surface area (Å²) in [5.41, 5.74) is 1.02. The zero-order valence-electron chi connectivity index (χ0n) is 16.8. The second-order valence-electron chi connectivity index (χ2n) is 6.84. The van der Waals surface area contributed by atoms with Crippen molar-refractivity contribution in [3.05, 3.63) is 54.3 Å². The van der Waals surface area contributed by atoms with Crippen LogP contribution in [0.2, 0.25) is 0 Å². The Kier molecular flexibility index (Phi) is 7.69. The van der Waals surface area contributed by atoms with Crippen LogP contribution in [0.5, 0.6) is 11.5 Å². The molecule has 156 valence electrons. The van der Waals surface area contributed by atoms with Crippen LogP contribution < -0.4 is 19.7 Å². The lowest BCUT2D eigenvalue weighted by Crippen LogP contribution is -2.49. The molecular weight excluding hydrogens is 373 g/mol. The summed E-state index contributed by atoms with van der Waals surface area (Å²) >= 11 is 0. The van der Waals surface area contributed by atoms with Crippen molar-refractivity contribution in [2.24, 2.45) is 0 Å². The number of hydrogen-bond donors (Lipinski definition) is 1. The largest absolute Gasteiger partial charge is 0.494 e. The maximum absolute atomic E-state index is 13.0. The summed E-state index contributed by atoms with van der Waals surface area (Å²) in [4.78, 5) is 16.5. The Morgan fingerprint density at radius 1 is 0.966 bits per heavy atom. The molecule has 1 fully saturated rings. The summed E-state index contributed by atoms with van der Waals surface area (Å²) < 4.78 is 24.1. The molecule has 0 atom stereocenters. The lowest BCUT2D eigenvalue weighted by Gasteiger charge is -2.35. The fourth-order valence-corrected chi connectivity index (χ4v) is 3.23. The molecule has 1 N–H and O–H groups in total. The first-order valence-electron chi connectivity index (χ1n) is 9.99. The summed E-state index contributed by atoms with van der Waals surface area (Å²) in [6.45, 7) is 7.06. The number of benzene rings is 2. The maximum Gasteiger partial charge on any atom is 0.234 e. The van der Waals surface area contributed by atoms with E-state index in [1.807, 2.05) is 31.2 Å². The molecule has 2 aromatic carbocycles. The van der Waals surface area contributed by atoms with Gasteiger partial charge in [-0.05, 0) is 55.5 Å². The van der Waals surface area contributed by atoms with Crippen LogP contribution in [0, 0.1) is 5.82 Å². The van der Waals surface area contributed by atoms with Crippen LogP contribution in [-0.4, -0.2) is 63.3 Å². The van der Waals surface area contributed by atoms with Gasteiger partial charge in [-0.25, -0.2) is 4.39 Å². The second kappa shape index (κ2) is 10.7. The van der Waals surface area contributed by atoms with Crippen molar-refractivity contribution in [3.8, 4) is 11.5 Å². The summed E-state index contributed by atoms with van der Waals surface area (Å²) in [5, 5.41) is 2.90. The number of piperazine rings is 1. The van der Waals surface area contributed by atoms with Crippen LogP contribution in [0.25, 0.3) is 0 Å². The van der Waals surface area contributed by atoms with Gasteiger partial charge in [0.1, 0.15) is 23.9 Å². The summed E-state index contributed by atoms with van der Waals surface area (Å²) in [7, 11) is 0. The molecule has 0 aromatic heterocycles. The van der Waals surface area contributed by atoms with Gasteiger partial charge in [-0.1, -0.05) is 0 Å². The minimum Gasteiger partial charge on any atom is -0.494 e. The van der Waals surface area contributed by atoms with Crippen LogP contribution in [0.15, 0.2) is 48.5 Å². The van der Waals surface area contributed by atoms with E-state index in [9.17, 15) is 9.18 Å². The molecule has 0 spiro atoms. The van der Waals surface area contributed by atoms with Crippen molar-refractivity contribution in [2.45, 2.75) is 6.92 Å². The Morgan fingerprint density at radius 3 is 2.21 bits per heavy atom. The molecule has 7 heteroatoms. The quantitative estimate of drug-likeness (QED) is 0.655. The van der Waals surface area contributed by atoms with Crippen LogP contribution in [0.1, 0.15) is 6.92 Å². The number of anilines is 1. The minimum absolute atomic E-state index is 0.00414. The van der Waals surface area contributed by atoms with Crippen molar-refractivity contribution in [1.29, 1.82) is 0 Å². The highest BCUT2D eigenvalue weighted by Gasteiger charge is 2.19. The van der Waals surface area contributed by atoms with Gasteiger partial charge in [0.25, 0.3) is 0 Å². The Bertz CT molecular complexity index is 760. The summed E-state index contributed by atoms with van der Waals surface area (Å²) in [6.07, 6.45) is 0. The average Bonchev–Trinajstić information content (AvgIpc) is 2.74. The van der Waals surface area contributed by atoms with Crippen LogP contribution in [0.4, 0.5) is 10.1 Å². The number of ether oxygens (including phenoxy) is 2. The molecule has 0 saturated carbocycles. The van der Waals surface area contributed by atoms with Gasteiger partial charge in [0, 0.05) is 31.9 Å². The lowest BCUT2D eigenvalue weighted by molar-refractivity contribution is -0.122. The molecule has 0 aliphatic carbocycles. The van der Waals surface area contributed by atoms with E-state index >= 15 is 0 Å². The molecule has 1 heterocycles. The van der Waals surface area contributed by atoms with Crippen molar-refractivity contribution in [3.63, 3.8) is 0 Å². The van der Waals surface area contributed by atoms with Gasteiger partial charge in [0.05, 0.1) is 19.7 Å². The number of hydrogen-bond acceptors (Lipinski definition) is 5. The third-order valence-electron chi connectivity index (χ3n) is 4.76. The highest BCUT2D eigenvalue weighted by Crippen LogP contribution is 2.18. The SMILES string of the molecule is CCOc1ccc(OCCNC(=O)CN2CCN(c3ccc(F)cc3)CC2)cc1. The molecule has 2 aromatic rings. The van der Waals surface area contributed by atoms with Gasteiger partial charge >= 0.3 is 0 Å². The predicted octanol–water partition coefficient (Wildman–Crippen LogP) is 2.54. The molecule has 1 amide bonds. The normalized spacial score (nSPS) is 14.5. The van der Waals surface area contributed by atoms with E-state index in [0.29, 0.717) is 26.3 Å². The van der Waals surface area contributed by atoms with Crippen LogP contribution >= 0.6 is 0 Å². The molecule has 0 radical (unpaired) electrons. The smallest absolute Gasteiger partial charge is 0.234 e. The van der Waals surface area contributed by atoms with Gasteiger partial charge in [-0.3, -0.25) is 9.69 Å². The first kappa shape index (κ1) is 20.9. The van der Waals surface area contributed by atoms with Gasteiger partial charge in [0.15, 0.2) is 0 Å². The Morgan fingerprint density at radius 2 is 1.59 bits per heavy atom. The van der Waals surface area contributed by atoms with E-state index in [0.717, 1.165) is 43.4 Å². The lowest BCUT2D eigenvalue weighted by atomic mass is 10.2. The number of halogens is 1. The number of nitrogens with zero attached hydrogens (tertiary/aromatic N) is 2. The van der Waals surface area contributed by atoms with E-state index in [4.69, 9.17) is 9.47 Å². The van der Waals surface area contributed by atoms with Crippen LogP contribution in [0.3, 0.4) is 0 Å². The van der Waals surface area contributed by atoms with E-state index in [-0.39, 0.29) is 11.7 Å². The number of amides is 1. The molecular formula is C22H28FN3O3. The molecule has 1 saturated heterocycles. The fraction of sp³-hybridized carbons (Fsp3) is 0.409. The number of rotatable bonds is 9. The Hall–Kier alpha value is -2.80. The highest BCUT2D eigenvalue weighted by atomic mass is 19.1. The topological polar surface area (TPSA) is 54.0 Å². The number of nitrogens with one attached hydrogen (secondary N) is 1. The molecule has 0 bridgehead atoms. The molecule has 0 unspecified atom stereocenters. The van der Waals surface area contributed by atoms with Crippen molar-refractivity contribution < 1.29 is 18.7 Å². The standard InChI is InChI=1S/C22H28FN3O3/c1-2-28-20-7-9-21(10-8-20)29-16-11-24-22(27)17-25-12-14-26(15-13-25)19-5-3-18(23)4-6-19/h3-10H,2,11-17H2,1H3,(H,24,27). The summed E-state index contributed by atoms with van der Waals surface area (Å²) in [5.74, 6) is 1.33. The Labute approximate surface area is 171 Å². The summed E-state index contributed by atoms with van der Waals surface area (Å²) in [6, 6.07) is 14.0. The average molecular weight is 401 g/mol. The van der Waals surface area contributed by atoms with E-state index in [1.54, 1.807) is 12.1 Å². The fourth-order valence-electron chi connectivity index (χ4n) is 3.23. The maximum atomic E-state index is 13.0. The van der Waals surface area contributed by atoms with Gasteiger partial charge in [-0.15, -0.1) is 0 Å². The molecule has 3 rings (SSSR count). The van der Waals surface area contributed by atoms with E-state index in [1.165, 1.54) is 12.1 Å². The Balaban J connectivity index is 1.30. The second-order valence-corrected chi connectivity index (χ2v) is 6.84. The van der Waals surface area contributed by atoms with Crippen LogP contribution in [-0.2, 0) is 4.79 Å².